The van der Waals surface area contributed by atoms with Crippen LogP contribution in [0, 0.1) is 0 Å². The molecule has 2 heterocycles. The first-order valence-corrected chi connectivity index (χ1v) is 4.78. The van der Waals surface area contributed by atoms with Gasteiger partial charge in [0.1, 0.15) is 6.10 Å². The molecule has 0 radical (unpaired) electrons. The molecular weight excluding hydrogens is 228 g/mol. The van der Waals surface area contributed by atoms with Gasteiger partial charge in [-0.15, -0.1) is 0 Å². The van der Waals surface area contributed by atoms with Crippen molar-refractivity contribution in [2.45, 2.75) is 12.5 Å². The van der Waals surface area contributed by atoms with Crippen molar-refractivity contribution in [1.82, 2.24) is 10.0 Å². The van der Waals surface area contributed by atoms with Gasteiger partial charge in [-0.05, 0) is 12.1 Å². The maximum atomic E-state index is 11.5. The Morgan fingerprint density at radius 3 is 2.76 bits per heavy atom. The number of imide groups is 1. The molecule has 1 aromatic rings. The van der Waals surface area contributed by atoms with Gasteiger partial charge in [-0.25, -0.2) is 9.78 Å². The first-order valence-electron chi connectivity index (χ1n) is 4.78. The lowest BCUT2D eigenvalue weighted by molar-refractivity contribution is -0.175. The minimum absolute atomic E-state index is 0.0329. The molecule has 1 aromatic heterocycles. The highest BCUT2D eigenvalue weighted by Crippen LogP contribution is 2.14. The molecule has 1 aliphatic rings. The molecule has 2 amide bonds. The van der Waals surface area contributed by atoms with Crippen molar-refractivity contribution < 1.29 is 24.3 Å². The van der Waals surface area contributed by atoms with Crippen molar-refractivity contribution in [2.24, 2.45) is 0 Å². The van der Waals surface area contributed by atoms with Crippen LogP contribution in [0.1, 0.15) is 16.9 Å². The van der Waals surface area contributed by atoms with Gasteiger partial charge in [0.25, 0.3) is 11.8 Å². The van der Waals surface area contributed by atoms with Crippen molar-refractivity contribution >= 4 is 17.8 Å². The molecule has 2 rings (SSSR count). The van der Waals surface area contributed by atoms with Crippen LogP contribution < -0.4 is 0 Å². The summed E-state index contributed by atoms with van der Waals surface area (Å²) in [5, 5.41) is 9.37. The number of hydrogen-bond donors (Lipinski definition) is 1. The van der Waals surface area contributed by atoms with Crippen LogP contribution in [-0.2, 0) is 14.4 Å². The molecule has 0 aliphatic carbocycles. The summed E-state index contributed by atoms with van der Waals surface area (Å²) in [4.78, 5) is 42.2. The van der Waals surface area contributed by atoms with E-state index in [1.807, 2.05) is 0 Å². The molecule has 7 nitrogen and oxygen atoms in total. The Bertz CT molecular complexity index is 473. The summed E-state index contributed by atoms with van der Waals surface area (Å²) in [6.07, 6.45) is -0.452. The Labute approximate surface area is 95.6 Å². The number of hydrogen-bond acceptors (Lipinski definition) is 6. The minimum Gasteiger partial charge on any atom is -0.383 e. The van der Waals surface area contributed by atoms with Gasteiger partial charge in [0.2, 0.25) is 0 Å². The van der Waals surface area contributed by atoms with Crippen LogP contribution in [-0.4, -0.2) is 39.0 Å². The highest BCUT2D eigenvalue weighted by Gasteiger charge is 2.40. The van der Waals surface area contributed by atoms with E-state index in [0.29, 0.717) is 0 Å². The number of aliphatic hydroxyl groups excluding tert-OH is 1. The van der Waals surface area contributed by atoms with Crippen LogP contribution in [0.15, 0.2) is 24.4 Å². The van der Waals surface area contributed by atoms with Gasteiger partial charge in [0.15, 0.2) is 5.69 Å². The third-order valence-corrected chi connectivity index (χ3v) is 2.13. The zero-order valence-corrected chi connectivity index (χ0v) is 8.57. The van der Waals surface area contributed by atoms with E-state index in [2.05, 4.69) is 9.82 Å². The van der Waals surface area contributed by atoms with E-state index in [9.17, 15) is 14.4 Å². The molecule has 1 unspecified atom stereocenters. The maximum absolute atomic E-state index is 11.5. The molecule has 7 heteroatoms. The number of carbonyl (C=O) groups excluding carboxylic acids is 3. The fourth-order valence-electron chi connectivity index (χ4n) is 1.30. The summed E-state index contributed by atoms with van der Waals surface area (Å²) in [5.74, 6) is -2.63. The lowest BCUT2D eigenvalue weighted by atomic mass is 10.3. The van der Waals surface area contributed by atoms with Crippen molar-refractivity contribution in [3.05, 3.63) is 30.1 Å². The van der Waals surface area contributed by atoms with Gasteiger partial charge in [0.05, 0.1) is 6.42 Å². The summed E-state index contributed by atoms with van der Waals surface area (Å²) in [6.45, 7) is 0. The third kappa shape index (κ3) is 2.13. The van der Waals surface area contributed by atoms with E-state index < -0.39 is 23.9 Å². The topological polar surface area (TPSA) is 96.8 Å². The molecule has 1 aliphatic heterocycles. The Kier molecular flexibility index (Phi) is 2.84. The summed E-state index contributed by atoms with van der Waals surface area (Å²) in [5.41, 5.74) is -0.0329. The van der Waals surface area contributed by atoms with E-state index in [1.54, 1.807) is 12.1 Å². The zero-order chi connectivity index (χ0) is 12.4. The van der Waals surface area contributed by atoms with Crippen molar-refractivity contribution in [3.63, 3.8) is 0 Å². The van der Waals surface area contributed by atoms with Crippen molar-refractivity contribution in [3.8, 4) is 0 Å². The smallest absolute Gasteiger partial charge is 0.382 e. The molecule has 0 bridgehead atoms. The van der Waals surface area contributed by atoms with Gasteiger partial charge in [-0.2, -0.15) is 0 Å². The number of pyridine rings is 1. The van der Waals surface area contributed by atoms with E-state index >= 15 is 0 Å². The fraction of sp³-hybridized carbons (Fsp3) is 0.200. The van der Waals surface area contributed by atoms with Crippen LogP contribution in [0.4, 0.5) is 0 Å². The highest BCUT2D eigenvalue weighted by atomic mass is 16.7. The van der Waals surface area contributed by atoms with Crippen LogP contribution in [0.3, 0.4) is 0 Å². The van der Waals surface area contributed by atoms with Crippen molar-refractivity contribution in [1.29, 1.82) is 0 Å². The SMILES string of the molecule is O=C(ON1C(=O)CC(O)C1=O)c1ccccn1. The van der Waals surface area contributed by atoms with Gasteiger partial charge in [0, 0.05) is 6.20 Å². The predicted molar refractivity (Wildman–Crippen MR) is 52.1 cm³/mol. The summed E-state index contributed by atoms with van der Waals surface area (Å²) in [7, 11) is 0. The second-order valence-corrected chi connectivity index (χ2v) is 3.34. The number of rotatable bonds is 2. The average Bonchev–Trinajstić information content (AvgIpc) is 2.57. The Morgan fingerprint density at radius 1 is 1.47 bits per heavy atom. The Hall–Kier alpha value is -2.28. The summed E-state index contributed by atoms with van der Waals surface area (Å²) >= 11 is 0. The minimum atomic E-state index is -1.45. The van der Waals surface area contributed by atoms with Gasteiger partial charge < -0.3 is 9.94 Å². The standard InChI is InChI=1S/C10H8N2O5/c13-7-5-8(14)12(9(7)15)17-10(16)6-3-1-2-4-11-6/h1-4,7,13H,5H2. The lowest BCUT2D eigenvalue weighted by Crippen LogP contribution is -2.34. The Morgan fingerprint density at radius 2 is 2.24 bits per heavy atom. The van der Waals surface area contributed by atoms with Crippen LogP contribution in [0.25, 0.3) is 0 Å². The van der Waals surface area contributed by atoms with E-state index in [4.69, 9.17) is 5.11 Å². The molecule has 0 saturated carbocycles. The number of carbonyl (C=O) groups is 3. The molecule has 1 atom stereocenters. The monoisotopic (exact) mass is 236 g/mol. The molecule has 0 spiro atoms. The molecule has 88 valence electrons. The summed E-state index contributed by atoms with van der Waals surface area (Å²) in [6, 6.07) is 4.54. The predicted octanol–water partition coefficient (Wildman–Crippen LogP) is -0.727. The van der Waals surface area contributed by atoms with Crippen molar-refractivity contribution in [2.75, 3.05) is 0 Å². The quantitative estimate of drug-likeness (QED) is 0.680. The third-order valence-electron chi connectivity index (χ3n) is 2.13. The largest absolute Gasteiger partial charge is 0.383 e. The average molecular weight is 236 g/mol. The zero-order valence-electron chi connectivity index (χ0n) is 8.57. The molecular formula is C10H8N2O5. The molecule has 17 heavy (non-hydrogen) atoms. The molecule has 0 aromatic carbocycles. The second kappa shape index (κ2) is 4.30. The first kappa shape index (κ1) is 11.2. The normalized spacial score (nSPS) is 19.6. The van der Waals surface area contributed by atoms with E-state index in [-0.39, 0.29) is 17.2 Å². The first-order chi connectivity index (χ1) is 8.09. The number of amides is 2. The number of aromatic nitrogens is 1. The molecule has 1 N–H and O–H groups in total. The van der Waals surface area contributed by atoms with Crippen LogP contribution >= 0.6 is 0 Å². The molecule has 1 saturated heterocycles. The molecule has 1 fully saturated rings. The second-order valence-electron chi connectivity index (χ2n) is 3.34. The van der Waals surface area contributed by atoms with E-state index in [0.717, 1.165) is 0 Å². The maximum Gasteiger partial charge on any atom is 0.382 e. The van der Waals surface area contributed by atoms with Gasteiger partial charge in [-0.3, -0.25) is 9.59 Å². The number of hydroxylamine groups is 2. The van der Waals surface area contributed by atoms with Crippen LogP contribution in [0.2, 0.25) is 0 Å². The van der Waals surface area contributed by atoms with Gasteiger partial charge in [-0.1, -0.05) is 11.1 Å². The number of nitrogens with zero attached hydrogens (tertiary/aromatic N) is 2. The van der Waals surface area contributed by atoms with Gasteiger partial charge >= 0.3 is 5.97 Å². The highest BCUT2D eigenvalue weighted by molar-refractivity contribution is 6.05. The summed E-state index contributed by atoms with van der Waals surface area (Å²) < 4.78 is 0. The number of aliphatic hydroxyl groups is 1. The van der Waals surface area contributed by atoms with E-state index in [1.165, 1.54) is 12.3 Å². The van der Waals surface area contributed by atoms with Crippen LogP contribution in [0.5, 0.6) is 0 Å². The fourth-order valence-corrected chi connectivity index (χ4v) is 1.30. The Balaban J connectivity index is 2.10. The lowest BCUT2D eigenvalue weighted by Gasteiger charge is -2.11.